The zero-order chi connectivity index (χ0) is 12.2. The van der Waals surface area contributed by atoms with Crippen molar-refractivity contribution in [2.24, 2.45) is 0 Å². The van der Waals surface area contributed by atoms with Crippen LogP contribution >= 0.6 is 34.8 Å². The number of hydrogen-bond donors (Lipinski definition) is 1. The van der Waals surface area contributed by atoms with Gasteiger partial charge in [0.15, 0.2) is 0 Å². The smallest absolute Gasteiger partial charge is 0.276 e. The Morgan fingerprint density at radius 3 is 2.25 bits per heavy atom. The topological polar surface area (TPSA) is 29.1 Å². The number of carbonyl (C=O) groups excluding carboxylic acids is 1. The van der Waals surface area contributed by atoms with Crippen LogP contribution in [0.5, 0.6) is 0 Å². The molecule has 0 atom stereocenters. The maximum absolute atomic E-state index is 11.3. The maximum atomic E-state index is 11.3. The van der Waals surface area contributed by atoms with E-state index in [0.29, 0.717) is 5.69 Å². The van der Waals surface area contributed by atoms with Gasteiger partial charge in [0.2, 0.25) is 0 Å². The monoisotopic (exact) mass is 279 g/mol. The van der Waals surface area contributed by atoms with E-state index in [9.17, 15) is 4.79 Å². The highest BCUT2D eigenvalue weighted by Crippen LogP contribution is 2.27. The van der Waals surface area contributed by atoms with Gasteiger partial charge in [-0.15, -0.1) is 0 Å². The summed E-state index contributed by atoms with van der Waals surface area (Å²) in [6.07, 6.45) is 2.10. The normalized spacial score (nSPS) is 11.2. The molecule has 0 aliphatic heterocycles. The van der Waals surface area contributed by atoms with Crippen LogP contribution in [0.3, 0.4) is 0 Å². The van der Waals surface area contributed by atoms with Crippen molar-refractivity contribution in [2.75, 3.05) is 5.32 Å². The Morgan fingerprint density at radius 2 is 1.81 bits per heavy atom. The summed E-state index contributed by atoms with van der Waals surface area (Å²) >= 11 is 16.3. The van der Waals surface area contributed by atoms with Gasteiger partial charge in [-0.2, -0.15) is 0 Å². The average molecular weight is 281 g/mol. The summed E-state index contributed by atoms with van der Waals surface area (Å²) in [7, 11) is 0. The molecule has 0 unspecified atom stereocenters. The van der Waals surface area contributed by atoms with Crippen molar-refractivity contribution >= 4 is 46.4 Å². The molecule has 1 rings (SSSR count). The first-order chi connectivity index (χ1) is 7.43. The third-order valence-corrected chi connectivity index (χ3v) is 2.52. The van der Waals surface area contributed by atoms with Crippen LogP contribution in [0.4, 0.5) is 5.69 Å². The summed E-state index contributed by atoms with van der Waals surface area (Å²) in [5.41, 5.74) is 1.84. The SMILES string of the molecule is CCCc1ccc(NC(=O)C(Cl)(Cl)Cl)cc1. The van der Waals surface area contributed by atoms with Crippen LogP contribution in [-0.4, -0.2) is 9.70 Å². The van der Waals surface area contributed by atoms with Gasteiger partial charge in [-0.1, -0.05) is 60.3 Å². The number of hydrogen-bond acceptors (Lipinski definition) is 1. The van der Waals surface area contributed by atoms with Crippen LogP contribution in [0.1, 0.15) is 18.9 Å². The minimum Gasteiger partial charge on any atom is -0.322 e. The Labute approximate surface area is 110 Å². The number of aryl methyl sites for hydroxylation is 1. The lowest BCUT2D eigenvalue weighted by Gasteiger charge is -2.11. The lowest BCUT2D eigenvalue weighted by atomic mass is 10.1. The Kier molecular flexibility index (Phi) is 4.90. The molecular weight excluding hydrogens is 268 g/mol. The molecule has 0 aliphatic rings. The maximum Gasteiger partial charge on any atom is 0.276 e. The largest absolute Gasteiger partial charge is 0.322 e. The molecule has 0 fully saturated rings. The highest BCUT2D eigenvalue weighted by atomic mass is 35.6. The number of rotatable bonds is 3. The molecule has 0 aliphatic carbocycles. The van der Waals surface area contributed by atoms with E-state index in [-0.39, 0.29) is 0 Å². The Bertz CT molecular complexity index is 356. The van der Waals surface area contributed by atoms with Crippen molar-refractivity contribution in [1.82, 2.24) is 0 Å². The summed E-state index contributed by atoms with van der Waals surface area (Å²) < 4.78 is -1.93. The van der Waals surface area contributed by atoms with Crippen LogP contribution in [-0.2, 0) is 11.2 Å². The number of anilines is 1. The molecule has 16 heavy (non-hydrogen) atoms. The zero-order valence-electron chi connectivity index (χ0n) is 8.77. The van der Waals surface area contributed by atoms with Gasteiger partial charge in [-0.25, -0.2) is 0 Å². The van der Waals surface area contributed by atoms with Gasteiger partial charge in [0, 0.05) is 5.69 Å². The highest BCUT2D eigenvalue weighted by molar-refractivity contribution is 6.76. The van der Waals surface area contributed by atoms with Gasteiger partial charge >= 0.3 is 0 Å². The molecule has 0 saturated heterocycles. The van der Waals surface area contributed by atoms with E-state index in [2.05, 4.69) is 12.2 Å². The Hall–Kier alpha value is -0.440. The second-order valence-electron chi connectivity index (χ2n) is 3.40. The molecule has 0 aromatic heterocycles. The first-order valence-corrected chi connectivity index (χ1v) is 6.04. The van der Waals surface area contributed by atoms with Crippen LogP contribution in [0, 0.1) is 0 Å². The number of benzene rings is 1. The quantitative estimate of drug-likeness (QED) is 0.835. The van der Waals surface area contributed by atoms with Gasteiger partial charge in [-0.3, -0.25) is 4.79 Å². The molecule has 1 aromatic carbocycles. The van der Waals surface area contributed by atoms with Crippen molar-refractivity contribution in [3.63, 3.8) is 0 Å². The predicted octanol–water partition coefficient (Wildman–Crippen LogP) is 3.95. The van der Waals surface area contributed by atoms with Crippen molar-refractivity contribution in [3.05, 3.63) is 29.8 Å². The zero-order valence-corrected chi connectivity index (χ0v) is 11.0. The van der Waals surface area contributed by atoms with Crippen LogP contribution in [0.15, 0.2) is 24.3 Å². The summed E-state index contributed by atoms with van der Waals surface area (Å²) in [4.78, 5) is 11.3. The first kappa shape index (κ1) is 13.6. The minimum atomic E-state index is -1.93. The number of amides is 1. The third kappa shape index (κ3) is 4.20. The van der Waals surface area contributed by atoms with Crippen molar-refractivity contribution < 1.29 is 4.79 Å². The van der Waals surface area contributed by atoms with Crippen LogP contribution < -0.4 is 5.32 Å². The van der Waals surface area contributed by atoms with E-state index >= 15 is 0 Å². The van der Waals surface area contributed by atoms with E-state index in [4.69, 9.17) is 34.8 Å². The number of carbonyl (C=O) groups is 1. The summed E-state index contributed by atoms with van der Waals surface area (Å²) in [6, 6.07) is 7.47. The Balaban J connectivity index is 2.65. The second kappa shape index (κ2) is 5.76. The van der Waals surface area contributed by atoms with E-state index in [1.807, 2.05) is 12.1 Å². The molecule has 88 valence electrons. The van der Waals surface area contributed by atoms with E-state index < -0.39 is 9.70 Å². The predicted molar refractivity (Wildman–Crippen MR) is 69.4 cm³/mol. The molecule has 0 spiro atoms. The second-order valence-corrected chi connectivity index (χ2v) is 5.68. The van der Waals surface area contributed by atoms with Crippen LogP contribution in [0.25, 0.3) is 0 Å². The van der Waals surface area contributed by atoms with Gasteiger partial charge in [0.1, 0.15) is 0 Å². The standard InChI is InChI=1S/C11H12Cl3NO/c1-2-3-8-4-6-9(7-5-8)15-10(16)11(12,13)14/h4-7H,2-3H2,1H3,(H,15,16). The first-order valence-electron chi connectivity index (χ1n) is 4.90. The summed E-state index contributed by atoms with van der Waals surface area (Å²) in [5, 5.41) is 2.52. The Morgan fingerprint density at radius 1 is 1.25 bits per heavy atom. The number of alkyl halides is 3. The fraction of sp³-hybridized carbons (Fsp3) is 0.364. The van der Waals surface area contributed by atoms with Crippen molar-refractivity contribution in [2.45, 2.75) is 23.6 Å². The molecule has 0 bridgehead atoms. The number of halogens is 3. The van der Waals surface area contributed by atoms with Crippen LogP contribution in [0.2, 0.25) is 0 Å². The molecule has 1 amide bonds. The fourth-order valence-electron chi connectivity index (χ4n) is 1.25. The van der Waals surface area contributed by atoms with Crippen molar-refractivity contribution in [1.29, 1.82) is 0 Å². The van der Waals surface area contributed by atoms with E-state index in [1.165, 1.54) is 5.56 Å². The van der Waals surface area contributed by atoms with Gasteiger partial charge in [0.05, 0.1) is 0 Å². The molecular formula is C11H12Cl3NO. The summed E-state index contributed by atoms with van der Waals surface area (Å²) in [6.45, 7) is 2.11. The molecule has 0 radical (unpaired) electrons. The molecule has 5 heteroatoms. The minimum absolute atomic E-state index is 0.621. The lowest BCUT2D eigenvalue weighted by molar-refractivity contribution is -0.115. The molecule has 0 saturated carbocycles. The molecule has 1 N–H and O–H groups in total. The molecule has 0 heterocycles. The molecule has 1 aromatic rings. The van der Waals surface area contributed by atoms with Gasteiger partial charge in [-0.05, 0) is 24.1 Å². The van der Waals surface area contributed by atoms with E-state index in [0.717, 1.165) is 12.8 Å². The average Bonchev–Trinajstić information content (AvgIpc) is 2.20. The van der Waals surface area contributed by atoms with Gasteiger partial charge in [0.25, 0.3) is 9.70 Å². The fourth-order valence-corrected chi connectivity index (χ4v) is 1.39. The highest BCUT2D eigenvalue weighted by Gasteiger charge is 2.30. The molecule has 2 nitrogen and oxygen atoms in total. The van der Waals surface area contributed by atoms with Crippen molar-refractivity contribution in [3.8, 4) is 0 Å². The van der Waals surface area contributed by atoms with E-state index in [1.54, 1.807) is 12.1 Å². The van der Waals surface area contributed by atoms with Gasteiger partial charge < -0.3 is 5.32 Å². The summed E-state index contributed by atoms with van der Waals surface area (Å²) in [5.74, 6) is -0.652. The lowest BCUT2D eigenvalue weighted by Crippen LogP contribution is -2.26. The number of nitrogens with one attached hydrogen (secondary N) is 1. The third-order valence-electron chi connectivity index (χ3n) is 2.01.